The van der Waals surface area contributed by atoms with Crippen LogP contribution < -0.4 is 11.1 Å². The van der Waals surface area contributed by atoms with E-state index in [2.05, 4.69) is 10.3 Å². The highest BCUT2D eigenvalue weighted by molar-refractivity contribution is 6.34. The third-order valence-electron chi connectivity index (χ3n) is 1.38. The van der Waals surface area contributed by atoms with Crippen LogP contribution in [-0.4, -0.2) is 16.8 Å². The number of carbonyl (C=O) groups is 2. The first-order chi connectivity index (χ1) is 6.20. The van der Waals surface area contributed by atoms with Gasteiger partial charge in [-0.25, -0.2) is 0 Å². The molecular weight excluding hydrogens is 170 g/mol. The van der Waals surface area contributed by atoms with Gasteiger partial charge in [-0.15, -0.1) is 0 Å². The number of hydrogen-bond donors (Lipinski definition) is 2. The first kappa shape index (κ1) is 9.18. The van der Waals surface area contributed by atoms with E-state index in [-0.39, 0.29) is 6.54 Å². The predicted molar refractivity (Wildman–Crippen MR) is 45.3 cm³/mol. The summed E-state index contributed by atoms with van der Waals surface area (Å²) in [4.78, 5) is 25.0. The number of primary amides is 1. The van der Waals surface area contributed by atoms with Gasteiger partial charge in [-0.3, -0.25) is 14.6 Å². The van der Waals surface area contributed by atoms with Crippen LogP contribution in [0.25, 0.3) is 0 Å². The van der Waals surface area contributed by atoms with Gasteiger partial charge in [0.2, 0.25) is 0 Å². The van der Waals surface area contributed by atoms with E-state index in [9.17, 15) is 9.59 Å². The molecule has 13 heavy (non-hydrogen) atoms. The summed E-state index contributed by atoms with van der Waals surface area (Å²) in [5.74, 6) is -1.79. The normalized spacial score (nSPS) is 9.23. The molecule has 1 aromatic heterocycles. The molecule has 0 radical (unpaired) electrons. The number of amides is 2. The maximum atomic E-state index is 10.7. The Hall–Kier alpha value is -1.91. The van der Waals surface area contributed by atoms with Crippen LogP contribution in [0.4, 0.5) is 0 Å². The molecule has 3 N–H and O–H groups in total. The molecule has 0 spiro atoms. The predicted octanol–water partition coefficient (Wildman–Crippen LogP) is -0.817. The summed E-state index contributed by atoms with van der Waals surface area (Å²) in [7, 11) is 0. The van der Waals surface area contributed by atoms with Crippen LogP contribution in [0, 0.1) is 0 Å². The van der Waals surface area contributed by atoms with Crippen LogP contribution in [0.3, 0.4) is 0 Å². The van der Waals surface area contributed by atoms with Gasteiger partial charge in [-0.05, 0) is 12.1 Å². The molecule has 2 amide bonds. The lowest BCUT2D eigenvalue weighted by atomic mass is 10.3. The van der Waals surface area contributed by atoms with E-state index in [1.165, 1.54) is 0 Å². The lowest BCUT2D eigenvalue weighted by molar-refractivity contribution is -0.137. The summed E-state index contributed by atoms with van der Waals surface area (Å²) in [6, 6.07) is 5.29. The van der Waals surface area contributed by atoms with Crippen molar-refractivity contribution >= 4 is 11.8 Å². The van der Waals surface area contributed by atoms with Crippen LogP contribution in [-0.2, 0) is 16.1 Å². The van der Waals surface area contributed by atoms with Gasteiger partial charge in [0.25, 0.3) is 0 Å². The molecule has 5 nitrogen and oxygen atoms in total. The molecule has 1 aromatic rings. The summed E-state index contributed by atoms with van der Waals surface area (Å²) in [5, 5.41) is 2.32. The number of hydrogen-bond acceptors (Lipinski definition) is 3. The van der Waals surface area contributed by atoms with Gasteiger partial charge in [0.05, 0.1) is 12.2 Å². The van der Waals surface area contributed by atoms with Gasteiger partial charge in [0, 0.05) is 6.20 Å². The Labute approximate surface area is 75.0 Å². The van der Waals surface area contributed by atoms with Crippen molar-refractivity contribution in [1.29, 1.82) is 0 Å². The van der Waals surface area contributed by atoms with Crippen molar-refractivity contribution in [2.45, 2.75) is 6.54 Å². The topological polar surface area (TPSA) is 85.1 Å². The van der Waals surface area contributed by atoms with E-state index in [0.717, 1.165) is 0 Å². The zero-order valence-corrected chi connectivity index (χ0v) is 6.86. The second-order valence-corrected chi connectivity index (χ2v) is 2.37. The fourth-order valence-corrected chi connectivity index (χ4v) is 0.761. The minimum atomic E-state index is -0.990. The Morgan fingerprint density at radius 1 is 1.46 bits per heavy atom. The molecule has 0 aliphatic carbocycles. The van der Waals surface area contributed by atoms with Crippen molar-refractivity contribution in [1.82, 2.24) is 10.3 Å². The zero-order valence-electron chi connectivity index (χ0n) is 6.86. The molecule has 0 aliphatic heterocycles. The molecule has 1 rings (SSSR count). The van der Waals surface area contributed by atoms with E-state index >= 15 is 0 Å². The van der Waals surface area contributed by atoms with Gasteiger partial charge < -0.3 is 11.1 Å². The standard InChI is InChI=1S/C8H9N3O2/c9-7(12)8(13)11-5-6-3-1-2-4-10-6/h1-4H,5H2,(H2,9,12)(H,11,13). The van der Waals surface area contributed by atoms with Crippen molar-refractivity contribution in [2.75, 3.05) is 0 Å². The first-order valence-corrected chi connectivity index (χ1v) is 3.67. The quantitative estimate of drug-likeness (QED) is 0.582. The highest BCUT2D eigenvalue weighted by Gasteiger charge is 2.06. The van der Waals surface area contributed by atoms with Gasteiger partial charge in [-0.1, -0.05) is 6.07 Å². The summed E-state index contributed by atoms with van der Waals surface area (Å²) in [6.45, 7) is 0.211. The smallest absolute Gasteiger partial charge is 0.309 e. The van der Waals surface area contributed by atoms with Gasteiger partial charge in [-0.2, -0.15) is 0 Å². The van der Waals surface area contributed by atoms with Crippen LogP contribution in [0.15, 0.2) is 24.4 Å². The summed E-state index contributed by atoms with van der Waals surface area (Å²) < 4.78 is 0. The average molecular weight is 179 g/mol. The fourth-order valence-electron chi connectivity index (χ4n) is 0.761. The first-order valence-electron chi connectivity index (χ1n) is 3.67. The maximum absolute atomic E-state index is 10.7. The molecule has 0 atom stereocenters. The minimum Gasteiger partial charge on any atom is -0.361 e. The van der Waals surface area contributed by atoms with Crippen molar-refractivity contribution in [2.24, 2.45) is 5.73 Å². The number of nitrogens with zero attached hydrogens (tertiary/aromatic N) is 1. The molecule has 5 heteroatoms. The molecule has 0 aromatic carbocycles. The second-order valence-electron chi connectivity index (χ2n) is 2.37. The van der Waals surface area contributed by atoms with Crippen molar-refractivity contribution in [3.63, 3.8) is 0 Å². The summed E-state index contributed by atoms with van der Waals surface area (Å²) in [5.41, 5.74) is 5.41. The largest absolute Gasteiger partial charge is 0.361 e. The molecule has 0 fully saturated rings. The molecule has 68 valence electrons. The maximum Gasteiger partial charge on any atom is 0.309 e. The highest BCUT2D eigenvalue weighted by Crippen LogP contribution is 1.91. The molecule has 1 heterocycles. The number of pyridine rings is 1. The second kappa shape index (κ2) is 4.20. The molecule has 0 aliphatic rings. The number of nitrogens with one attached hydrogen (secondary N) is 1. The van der Waals surface area contributed by atoms with E-state index in [1.54, 1.807) is 24.4 Å². The van der Waals surface area contributed by atoms with Crippen molar-refractivity contribution in [3.05, 3.63) is 30.1 Å². The summed E-state index contributed by atoms with van der Waals surface area (Å²) in [6.07, 6.45) is 1.60. The molecule has 0 bridgehead atoms. The monoisotopic (exact) mass is 179 g/mol. The third-order valence-corrected chi connectivity index (χ3v) is 1.38. The molecule has 0 saturated carbocycles. The number of nitrogens with two attached hydrogens (primary N) is 1. The fraction of sp³-hybridized carbons (Fsp3) is 0.125. The van der Waals surface area contributed by atoms with E-state index in [0.29, 0.717) is 5.69 Å². The van der Waals surface area contributed by atoms with E-state index in [4.69, 9.17) is 5.73 Å². The zero-order chi connectivity index (χ0) is 9.68. The van der Waals surface area contributed by atoms with Crippen molar-refractivity contribution < 1.29 is 9.59 Å². The lowest BCUT2D eigenvalue weighted by Gasteiger charge is -2.00. The minimum absolute atomic E-state index is 0.211. The Balaban J connectivity index is 2.44. The van der Waals surface area contributed by atoms with Crippen molar-refractivity contribution in [3.8, 4) is 0 Å². The molecule has 0 unspecified atom stereocenters. The number of carbonyl (C=O) groups excluding carboxylic acids is 2. The lowest BCUT2D eigenvalue weighted by Crippen LogP contribution is -2.35. The number of aromatic nitrogens is 1. The van der Waals surface area contributed by atoms with E-state index < -0.39 is 11.8 Å². The van der Waals surface area contributed by atoms with Crippen LogP contribution in [0.2, 0.25) is 0 Å². The molecule has 0 saturated heterocycles. The van der Waals surface area contributed by atoms with Gasteiger partial charge in [0.15, 0.2) is 0 Å². The highest BCUT2D eigenvalue weighted by atomic mass is 16.2. The van der Waals surface area contributed by atoms with Gasteiger partial charge in [0.1, 0.15) is 0 Å². The Kier molecular flexibility index (Phi) is 2.97. The number of rotatable bonds is 2. The van der Waals surface area contributed by atoms with Crippen LogP contribution >= 0.6 is 0 Å². The third kappa shape index (κ3) is 2.90. The Morgan fingerprint density at radius 3 is 2.77 bits per heavy atom. The molecular formula is C8H9N3O2. The van der Waals surface area contributed by atoms with Crippen LogP contribution in [0.5, 0.6) is 0 Å². The van der Waals surface area contributed by atoms with Gasteiger partial charge >= 0.3 is 11.8 Å². The Morgan fingerprint density at radius 2 is 2.23 bits per heavy atom. The Bertz CT molecular complexity index is 310. The average Bonchev–Trinajstić information content (AvgIpc) is 2.15. The van der Waals surface area contributed by atoms with E-state index in [1.807, 2.05) is 0 Å². The SMILES string of the molecule is NC(=O)C(=O)NCc1ccccn1. The van der Waals surface area contributed by atoms with Crippen LogP contribution in [0.1, 0.15) is 5.69 Å². The summed E-state index contributed by atoms with van der Waals surface area (Å²) >= 11 is 0.